The number of quaternary nitrogens is 1. The van der Waals surface area contributed by atoms with E-state index in [-0.39, 0.29) is 21.7 Å². The molecule has 0 saturated heterocycles. The molecular formula is C10H20N3Ti+. The van der Waals surface area contributed by atoms with Crippen molar-refractivity contribution >= 4 is 5.69 Å². The van der Waals surface area contributed by atoms with Gasteiger partial charge in [-0.2, -0.15) is 5.10 Å². The standard InChI is InChI=1S/C10H20N3.Ti/c1-6-8-10(13(3,4)5)9(7-2)12-11-8;/h6-7H2,1-5H3,(H,11,12);/q+1;. The summed E-state index contributed by atoms with van der Waals surface area (Å²) in [6.07, 6.45) is 2.03. The van der Waals surface area contributed by atoms with E-state index >= 15 is 0 Å². The van der Waals surface area contributed by atoms with Crippen molar-refractivity contribution < 1.29 is 21.7 Å². The molecule has 1 aromatic rings. The smallest absolute Gasteiger partial charge is 0.176 e. The van der Waals surface area contributed by atoms with Gasteiger partial charge in [0, 0.05) is 21.7 Å². The van der Waals surface area contributed by atoms with Crippen molar-refractivity contribution in [1.29, 1.82) is 0 Å². The molecule has 1 heterocycles. The molecule has 0 bridgehead atoms. The first-order valence-electron chi connectivity index (χ1n) is 4.88. The van der Waals surface area contributed by atoms with Crippen LogP contribution < -0.4 is 4.48 Å². The Labute approximate surface area is 101 Å². The number of aromatic nitrogens is 2. The van der Waals surface area contributed by atoms with Gasteiger partial charge in [-0.05, 0) is 12.8 Å². The van der Waals surface area contributed by atoms with Crippen molar-refractivity contribution in [1.82, 2.24) is 14.7 Å². The van der Waals surface area contributed by atoms with Gasteiger partial charge < -0.3 is 0 Å². The van der Waals surface area contributed by atoms with E-state index in [0.717, 1.165) is 17.3 Å². The summed E-state index contributed by atoms with van der Waals surface area (Å²) in [7, 11) is 6.55. The molecule has 0 unspecified atom stereocenters. The Balaban J connectivity index is 0.00000169. The summed E-state index contributed by atoms with van der Waals surface area (Å²) < 4.78 is 0.850. The van der Waals surface area contributed by atoms with Crippen LogP contribution in [0.3, 0.4) is 0 Å². The first-order chi connectivity index (χ1) is 6.00. The number of aryl methyl sites for hydroxylation is 2. The van der Waals surface area contributed by atoms with Gasteiger partial charge in [0.05, 0.1) is 26.8 Å². The first kappa shape index (κ1) is 13.9. The predicted molar refractivity (Wildman–Crippen MR) is 56.9 cm³/mol. The Morgan fingerprint density at radius 2 is 1.71 bits per heavy atom. The van der Waals surface area contributed by atoms with Gasteiger partial charge in [0.1, 0.15) is 5.69 Å². The van der Waals surface area contributed by atoms with Crippen LogP contribution >= 0.6 is 0 Å². The number of hydrogen-bond donors (Lipinski definition) is 1. The quantitative estimate of drug-likeness (QED) is 0.621. The molecule has 78 valence electrons. The summed E-state index contributed by atoms with van der Waals surface area (Å²) in [4.78, 5) is 0. The van der Waals surface area contributed by atoms with Gasteiger partial charge in [0.2, 0.25) is 0 Å². The maximum atomic E-state index is 4.33. The minimum atomic E-state index is 0. The first-order valence-corrected chi connectivity index (χ1v) is 4.88. The van der Waals surface area contributed by atoms with Crippen LogP contribution in [0.15, 0.2) is 0 Å². The second-order valence-corrected chi connectivity index (χ2v) is 4.22. The van der Waals surface area contributed by atoms with E-state index in [1.165, 1.54) is 17.1 Å². The zero-order valence-corrected chi connectivity index (χ0v) is 11.4. The monoisotopic (exact) mass is 230 g/mol. The number of rotatable bonds is 3. The summed E-state index contributed by atoms with van der Waals surface area (Å²) in [6, 6.07) is 0. The molecule has 0 aliphatic carbocycles. The molecule has 0 atom stereocenters. The van der Waals surface area contributed by atoms with E-state index < -0.39 is 0 Å². The maximum absolute atomic E-state index is 4.33. The second kappa shape index (κ2) is 5.10. The fourth-order valence-electron chi connectivity index (χ4n) is 1.70. The van der Waals surface area contributed by atoms with Crippen molar-refractivity contribution in [3.63, 3.8) is 0 Å². The molecule has 0 fully saturated rings. The molecule has 0 saturated carbocycles. The Morgan fingerprint density at radius 1 is 1.14 bits per heavy atom. The molecule has 1 rings (SSSR count). The largest absolute Gasteiger partial charge is 0.295 e. The second-order valence-electron chi connectivity index (χ2n) is 4.22. The summed E-state index contributed by atoms with van der Waals surface area (Å²) >= 11 is 0. The summed E-state index contributed by atoms with van der Waals surface area (Å²) in [5.74, 6) is 0. The summed E-state index contributed by atoms with van der Waals surface area (Å²) in [6.45, 7) is 4.31. The number of nitrogens with zero attached hydrogens (tertiary/aromatic N) is 2. The average Bonchev–Trinajstić information content (AvgIpc) is 2.45. The fraction of sp³-hybridized carbons (Fsp3) is 0.700. The number of aromatic amines is 1. The van der Waals surface area contributed by atoms with Gasteiger partial charge in [0.15, 0.2) is 5.69 Å². The van der Waals surface area contributed by atoms with Crippen LogP contribution in [-0.2, 0) is 34.6 Å². The van der Waals surface area contributed by atoms with Gasteiger partial charge in [-0.3, -0.25) is 9.58 Å². The van der Waals surface area contributed by atoms with E-state index in [9.17, 15) is 0 Å². The predicted octanol–water partition coefficient (Wildman–Crippen LogP) is 1.73. The topological polar surface area (TPSA) is 28.7 Å². The van der Waals surface area contributed by atoms with E-state index in [0.29, 0.717) is 0 Å². The third kappa shape index (κ3) is 2.69. The third-order valence-electron chi connectivity index (χ3n) is 2.24. The van der Waals surface area contributed by atoms with Gasteiger partial charge >= 0.3 is 0 Å². The van der Waals surface area contributed by atoms with Gasteiger partial charge in [0.25, 0.3) is 0 Å². The number of hydrogen-bond acceptors (Lipinski definition) is 1. The molecule has 14 heavy (non-hydrogen) atoms. The zero-order valence-electron chi connectivity index (χ0n) is 9.81. The summed E-state index contributed by atoms with van der Waals surface area (Å²) in [5, 5.41) is 7.45. The average molecular weight is 230 g/mol. The molecule has 0 spiro atoms. The Morgan fingerprint density at radius 3 is 2.07 bits per heavy atom. The minimum absolute atomic E-state index is 0. The van der Waals surface area contributed by atoms with E-state index in [4.69, 9.17) is 0 Å². The van der Waals surface area contributed by atoms with E-state index in [2.05, 4.69) is 45.2 Å². The zero-order chi connectivity index (χ0) is 10.1. The molecule has 1 aromatic heterocycles. The molecule has 0 radical (unpaired) electrons. The van der Waals surface area contributed by atoms with Crippen LogP contribution in [-0.4, -0.2) is 31.3 Å². The van der Waals surface area contributed by atoms with Crippen molar-refractivity contribution in [2.24, 2.45) is 0 Å². The third-order valence-corrected chi connectivity index (χ3v) is 2.24. The normalized spacial score (nSPS) is 11.2. The molecular weight excluding hydrogens is 210 g/mol. The number of H-pyrrole nitrogens is 1. The van der Waals surface area contributed by atoms with Crippen LogP contribution in [0.1, 0.15) is 25.2 Å². The van der Waals surface area contributed by atoms with Gasteiger partial charge in [-0.15, -0.1) is 0 Å². The van der Waals surface area contributed by atoms with Crippen LogP contribution in [0, 0.1) is 0 Å². The fourth-order valence-corrected chi connectivity index (χ4v) is 1.70. The Bertz CT molecular complexity index is 265. The van der Waals surface area contributed by atoms with Crippen molar-refractivity contribution in [2.75, 3.05) is 21.1 Å². The molecule has 0 aliphatic heterocycles. The van der Waals surface area contributed by atoms with Gasteiger partial charge in [-0.1, -0.05) is 13.8 Å². The molecule has 0 aliphatic rings. The van der Waals surface area contributed by atoms with Crippen LogP contribution in [0.5, 0.6) is 0 Å². The molecule has 1 N–H and O–H groups in total. The van der Waals surface area contributed by atoms with E-state index in [1.807, 2.05) is 0 Å². The van der Waals surface area contributed by atoms with E-state index in [1.54, 1.807) is 0 Å². The van der Waals surface area contributed by atoms with Gasteiger partial charge in [-0.25, -0.2) is 0 Å². The van der Waals surface area contributed by atoms with Crippen molar-refractivity contribution in [2.45, 2.75) is 26.7 Å². The number of nitrogens with one attached hydrogen (secondary N) is 1. The molecule has 0 amide bonds. The maximum Gasteiger partial charge on any atom is 0.176 e. The van der Waals surface area contributed by atoms with Crippen molar-refractivity contribution in [3.05, 3.63) is 11.4 Å². The molecule has 4 heteroatoms. The molecule has 0 aromatic carbocycles. The molecule has 3 nitrogen and oxygen atoms in total. The Hall–Kier alpha value is -0.116. The Kier molecular flexibility index (Phi) is 5.06. The van der Waals surface area contributed by atoms with Crippen LogP contribution in [0.25, 0.3) is 0 Å². The SMILES string of the molecule is CCc1n[nH]c(CC)c1[N+](C)(C)C.[Ti]. The summed E-state index contributed by atoms with van der Waals surface area (Å²) in [5.41, 5.74) is 3.82. The van der Waals surface area contributed by atoms with Crippen molar-refractivity contribution in [3.8, 4) is 0 Å². The van der Waals surface area contributed by atoms with Crippen LogP contribution in [0.4, 0.5) is 5.69 Å². The minimum Gasteiger partial charge on any atom is -0.295 e. The van der Waals surface area contributed by atoms with Crippen LogP contribution in [0.2, 0.25) is 0 Å².